The van der Waals surface area contributed by atoms with Crippen molar-refractivity contribution in [2.45, 2.75) is 19.6 Å². The Morgan fingerprint density at radius 2 is 1.13 bits per heavy atom. The highest BCUT2D eigenvalue weighted by molar-refractivity contribution is 8.00. The van der Waals surface area contributed by atoms with Crippen LogP contribution in [-0.2, 0) is 0 Å². The van der Waals surface area contributed by atoms with Crippen LogP contribution in [0, 0.1) is 0 Å². The van der Waals surface area contributed by atoms with Crippen LogP contribution in [0.4, 0.5) is 0 Å². The molecule has 0 heterocycles. The van der Waals surface area contributed by atoms with Crippen molar-refractivity contribution in [2.75, 3.05) is 23.3 Å². The first-order chi connectivity index (χ1) is 11.1. The van der Waals surface area contributed by atoms with E-state index >= 15 is 0 Å². The predicted molar refractivity (Wildman–Crippen MR) is 110 cm³/mol. The minimum atomic E-state index is 0.615. The first-order valence-electron chi connectivity index (χ1n) is 6.78. The highest BCUT2D eigenvalue weighted by atomic mass is 35.5. The van der Waals surface area contributed by atoms with Crippen LogP contribution < -0.4 is 0 Å². The molecule has 0 aliphatic rings. The second-order valence-corrected chi connectivity index (χ2v) is 9.35. The van der Waals surface area contributed by atoms with Gasteiger partial charge < -0.3 is 0 Å². The normalized spacial score (nSPS) is 11.0. The Morgan fingerprint density at radius 1 is 0.696 bits per heavy atom. The number of alkyl halides is 2. The smallest absolute Gasteiger partial charge is 0.0553 e. The molecule has 0 N–H and O–H groups in total. The van der Waals surface area contributed by atoms with Crippen LogP contribution in [0.3, 0.4) is 0 Å². The molecule has 0 saturated carbocycles. The van der Waals surface area contributed by atoms with Crippen molar-refractivity contribution in [3.8, 4) is 0 Å². The number of halogens is 4. The van der Waals surface area contributed by atoms with E-state index in [1.54, 1.807) is 35.3 Å². The van der Waals surface area contributed by atoms with Gasteiger partial charge in [-0.25, -0.2) is 0 Å². The van der Waals surface area contributed by atoms with E-state index < -0.39 is 0 Å². The fourth-order valence-electron chi connectivity index (χ4n) is 1.76. The zero-order valence-electron chi connectivity index (χ0n) is 12.0. The minimum Gasteiger partial charge on any atom is -0.126 e. The van der Waals surface area contributed by atoms with Gasteiger partial charge in [-0.05, 0) is 36.4 Å². The molecule has 0 aliphatic heterocycles. The minimum absolute atomic E-state index is 0.615. The van der Waals surface area contributed by atoms with E-state index in [0.29, 0.717) is 11.8 Å². The highest BCUT2D eigenvalue weighted by Crippen LogP contribution is 2.37. The third-order valence-corrected chi connectivity index (χ3v) is 7.52. The SMILES string of the molecule is ClCCSc1ccc(Sc2ccc(SCCCl)c(Cl)c2)cc1Cl. The predicted octanol–water partition coefficient (Wildman–Crippen LogP) is 7.81. The highest BCUT2D eigenvalue weighted by Gasteiger charge is 2.07. The Morgan fingerprint density at radius 3 is 1.48 bits per heavy atom. The molecule has 0 spiro atoms. The lowest BCUT2D eigenvalue weighted by Gasteiger charge is -2.08. The van der Waals surface area contributed by atoms with E-state index in [1.165, 1.54) is 0 Å². The van der Waals surface area contributed by atoms with Crippen molar-refractivity contribution >= 4 is 81.7 Å². The molecule has 0 amide bonds. The monoisotopic (exact) mass is 442 g/mol. The average Bonchev–Trinajstić information content (AvgIpc) is 2.53. The van der Waals surface area contributed by atoms with Crippen molar-refractivity contribution in [1.82, 2.24) is 0 Å². The van der Waals surface area contributed by atoms with E-state index in [9.17, 15) is 0 Å². The van der Waals surface area contributed by atoms with Gasteiger partial charge in [-0.15, -0.1) is 46.7 Å². The van der Waals surface area contributed by atoms with Gasteiger partial charge in [-0.1, -0.05) is 35.0 Å². The molecule has 7 heteroatoms. The number of thioether (sulfide) groups is 2. The van der Waals surface area contributed by atoms with Crippen molar-refractivity contribution < 1.29 is 0 Å². The summed E-state index contributed by atoms with van der Waals surface area (Å²) in [4.78, 5) is 4.29. The molecular weight excluding hydrogens is 430 g/mol. The first kappa shape index (κ1) is 20.0. The van der Waals surface area contributed by atoms with Gasteiger partial charge in [0, 0.05) is 42.8 Å². The summed E-state index contributed by atoms with van der Waals surface area (Å²) in [7, 11) is 0. The molecule has 0 aromatic heterocycles. The number of benzene rings is 2. The van der Waals surface area contributed by atoms with Crippen molar-refractivity contribution in [3.63, 3.8) is 0 Å². The van der Waals surface area contributed by atoms with Crippen LogP contribution >= 0.6 is 81.7 Å². The van der Waals surface area contributed by atoms with Gasteiger partial charge in [0.25, 0.3) is 0 Å². The van der Waals surface area contributed by atoms with E-state index in [0.717, 1.165) is 41.1 Å². The van der Waals surface area contributed by atoms with E-state index in [4.69, 9.17) is 46.4 Å². The lowest BCUT2D eigenvalue weighted by atomic mass is 10.3. The molecule has 0 saturated heterocycles. The molecule has 2 rings (SSSR count). The molecule has 0 nitrogen and oxygen atoms in total. The molecule has 0 radical (unpaired) electrons. The maximum absolute atomic E-state index is 6.33. The zero-order chi connectivity index (χ0) is 16.7. The topological polar surface area (TPSA) is 0 Å². The van der Waals surface area contributed by atoms with Crippen molar-refractivity contribution in [3.05, 3.63) is 46.4 Å². The zero-order valence-corrected chi connectivity index (χ0v) is 17.5. The van der Waals surface area contributed by atoms with Crippen molar-refractivity contribution in [1.29, 1.82) is 0 Å². The van der Waals surface area contributed by atoms with Gasteiger partial charge in [-0.2, -0.15) is 0 Å². The molecule has 23 heavy (non-hydrogen) atoms. The van der Waals surface area contributed by atoms with Crippen LogP contribution in [-0.4, -0.2) is 23.3 Å². The molecule has 0 unspecified atom stereocenters. The molecule has 0 atom stereocenters. The summed E-state index contributed by atoms with van der Waals surface area (Å²) in [6.45, 7) is 0. The quantitative estimate of drug-likeness (QED) is 0.301. The third-order valence-electron chi connectivity index (χ3n) is 2.71. The van der Waals surface area contributed by atoms with Crippen molar-refractivity contribution in [2.24, 2.45) is 0 Å². The fourth-order valence-corrected chi connectivity index (χ4v) is 5.25. The van der Waals surface area contributed by atoms with Gasteiger partial charge in [0.15, 0.2) is 0 Å². The molecule has 0 fully saturated rings. The fraction of sp³-hybridized carbons (Fsp3) is 0.250. The number of hydrogen-bond donors (Lipinski definition) is 0. The lowest BCUT2D eigenvalue weighted by molar-refractivity contribution is 1.31. The van der Waals surface area contributed by atoms with Crippen LogP contribution in [0.1, 0.15) is 0 Å². The second-order valence-electron chi connectivity index (χ2n) is 4.36. The standard InChI is InChI=1S/C16H14Cl4S3/c17-5-7-21-15-3-1-11(9-13(15)19)23-12-2-4-16(14(20)10-12)22-8-6-18/h1-4,9-10H,5-8H2. The molecule has 2 aromatic carbocycles. The Balaban J connectivity index is 2.07. The Hall–Kier alpha value is 0.650. The Labute approximate surface area is 170 Å². The van der Waals surface area contributed by atoms with E-state index in [-0.39, 0.29) is 0 Å². The Bertz CT molecular complexity index is 594. The first-order valence-corrected chi connectivity index (χ1v) is 11.4. The summed E-state index contributed by atoms with van der Waals surface area (Å²) in [5.41, 5.74) is 0. The number of rotatable bonds is 8. The second kappa shape index (κ2) is 10.6. The van der Waals surface area contributed by atoms with E-state index in [2.05, 4.69) is 12.1 Å². The summed E-state index contributed by atoms with van der Waals surface area (Å²) < 4.78 is 0. The summed E-state index contributed by atoms with van der Waals surface area (Å²) >= 11 is 29.0. The van der Waals surface area contributed by atoms with Gasteiger partial charge in [0.2, 0.25) is 0 Å². The van der Waals surface area contributed by atoms with Crippen LogP contribution in [0.15, 0.2) is 56.0 Å². The maximum atomic E-state index is 6.33. The van der Waals surface area contributed by atoms with Crippen LogP contribution in [0.5, 0.6) is 0 Å². The number of hydrogen-bond acceptors (Lipinski definition) is 3. The largest absolute Gasteiger partial charge is 0.126 e. The molecule has 0 bridgehead atoms. The van der Waals surface area contributed by atoms with Gasteiger partial charge >= 0.3 is 0 Å². The summed E-state index contributed by atoms with van der Waals surface area (Å²) in [5.74, 6) is 2.93. The van der Waals surface area contributed by atoms with Crippen LogP contribution in [0.25, 0.3) is 0 Å². The molecule has 2 aromatic rings. The summed E-state index contributed by atoms with van der Waals surface area (Å²) in [6.07, 6.45) is 0. The van der Waals surface area contributed by atoms with Gasteiger partial charge in [0.05, 0.1) is 10.0 Å². The lowest BCUT2D eigenvalue weighted by Crippen LogP contribution is -1.83. The summed E-state index contributed by atoms with van der Waals surface area (Å²) in [5, 5.41) is 1.51. The molecule has 0 aliphatic carbocycles. The Kier molecular flexibility index (Phi) is 9.20. The molecule has 124 valence electrons. The summed E-state index contributed by atoms with van der Waals surface area (Å²) in [6, 6.07) is 12.2. The average molecular weight is 444 g/mol. The van der Waals surface area contributed by atoms with E-state index in [1.807, 2.05) is 24.3 Å². The van der Waals surface area contributed by atoms with Gasteiger partial charge in [0.1, 0.15) is 0 Å². The maximum Gasteiger partial charge on any atom is 0.0553 e. The molecular formula is C16H14Cl4S3. The third kappa shape index (κ3) is 6.47. The van der Waals surface area contributed by atoms with Gasteiger partial charge in [-0.3, -0.25) is 0 Å². The van der Waals surface area contributed by atoms with Crippen LogP contribution in [0.2, 0.25) is 10.0 Å².